The van der Waals surface area contributed by atoms with Gasteiger partial charge in [-0.2, -0.15) is 0 Å². The highest BCUT2D eigenvalue weighted by Gasteiger charge is 2.24. The molecule has 17 heavy (non-hydrogen) atoms. The van der Waals surface area contributed by atoms with Crippen LogP contribution in [0.5, 0.6) is 0 Å². The second kappa shape index (κ2) is 5.35. The monoisotopic (exact) mass is 233 g/mol. The minimum Gasteiger partial charge on any atom is -0.338 e. The second-order valence-corrected chi connectivity index (χ2v) is 5.47. The van der Waals surface area contributed by atoms with E-state index in [1.165, 1.54) is 5.56 Å². The summed E-state index contributed by atoms with van der Waals surface area (Å²) in [4.78, 5) is 14.1. The van der Waals surface area contributed by atoms with Crippen LogP contribution in [0.1, 0.15) is 38.8 Å². The average molecular weight is 233 g/mol. The average Bonchev–Trinajstić information content (AvgIpc) is 2.20. The molecule has 0 saturated carbocycles. The first-order valence-corrected chi connectivity index (χ1v) is 6.20. The van der Waals surface area contributed by atoms with Gasteiger partial charge in [-0.25, -0.2) is 0 Å². The first-order valence-electron chi connectivity index (χ1n) is 6.20. The number of nitrogens with zero attached hydrogens (tertiary/aromatic N) is 1. The molecule has 0 aliphatic carbocycles. The molecule has 1 aromatic carbocycles. The van der Waals surface area contributed by atoms with E-state index >= 15 is 0 Å². The van der Waals surface area contributed by atoms with Crippen molar-refractivity contribution < 1.29 is 4.79 Å². The molecule has 0 radical (unpaired) electrons. The van der Waals surface area contributed by atoms with Crippen LogP contribution < -0.4 is 0 Å². The first kappa shape index (κ1) is 13.8. The van der Waals surface area contributed by atoms with Gasteiger partial charge in [0.05, 0.1) is 6.42 Å². The minimum absolute atomic E-state index is 0.101. The number of hydrogen-bond donors (Lipinski definition) is 0. The molecule has 0 aromatic heterocycles. The predicted octanol–water partition coefficient (Wildman–Crippen LogP) is 3.18. The molecule has 2 heteroatoms. The lowest BCUT2D eigenvalue weighted by molar-refractivity contribution is -0.134. The van der Waals surface area contributed by atoms with Crippen molar-refractivity contribution in [1.29, 1.82) is 0 Å². The highest BCUT2D eigenvalue weighted by atomic mass is 16.2. The van der Waals surface area contributed by atoms with Crippen LogP contribution in [-0.2, 0) is 11.2 Å². The Morgan fingerprint density at radius 1 is 1.18 bits per heavy atom. The summed E-state index contributed by atoms with van der Waals surface area (Å²) in [5, 5.41) is 0. The molecule has 1 rings (SSSR count). The second-order valence-electron chi connectivity index (χ2n) is 5.47. The van der Waals surface area contributed by atoms with E-state index in [2.05, 4.69) is 39.8 Å². The van der Waals surface area contributed by atoms with E-state index in [1.54, 1.807) is 0 Å². The highest BCUT2D eigenvalue weighted by Crippen LogP contribution is 2.15. The topological polar surface area (TPSA) is 20.3 Å². The third kappa shape index (κ3) is 3.88. The molecule has 0 atom stereocenters. The van der Waals surface area contributed by atoms with Crippen LogP contribution in [0.3, 0.4) is 0 Å². The third-order valence-electron chi connectivity index (χ3n) is 2.90. The molecule has 1 aromatic rings. The maximum absolute atomic E-state index is 12.2. The van der Waals surface area contributed by atoms with Crippen molar-refractivity contribution in [2.75, 3.05) is 6.54 Å². The van der Waals surface area contributed by atoms with Crippen LogP contribution in [0, 0.1) is 6.92 Å². The number of benzene rings is 1. The fourth-order valence-electron chi connectivity index (χ4n) is 2.00. The van der Waals surface area contributed by atoms with Crippen molar-refractivity contribution in [3.05, 3.63) is 35.4 Å². The zero-order valence-corrected chi connectivity index (χ0v) is 11.6. The van der Waals surface area contributed by atoms with Gasteiger partial charge in [-0.05, 0) is 40.2 Å². The smallest absolute Gasteiger partial charge is 0.227 e. The summed E-state index contributed by atoms with van der Waals surface area (Å²) in [6, 6.07) is 8.17. The molecule has 0 unspecified atom stereocenters. The van der Waals surface area contributed by atoms with Gasteiger partial charge >= 0.3 is 0 Å². The number of aryl methyl sites for hydroxylation is 1. The van der Waals surface area contributed by atoms with Gasteiger partial charge in [-0.15, -0.1) is 0 Å². The number of rotatable bonds is 3. The fraction of sp³-hybridized carbons (Fsp3) is 0.533. The molecule has 2 nitrogen and oxygen atoms in total. The summed E-state index contributed by atoms with van der Waals surface area (Å²) in [7, 11) is 0. The Hall–Kier alpha value is -1.31. The summed E-state index contributed by atoms with van der Waals surface area (Å²) >= 11 is 0. The van der Waals surface area contributed by atoms with Crippen LogP contribution in [0.15, 0.2) is 24.3 Å². The van der Waals surface area contributed by atoms with Gasteiger partial charge in [0.15, 0.2) is 0 Å². The molecule has 94 valence electrons. The molecule has 0 N–H and O–H groups in total. The molecule has 0 spiro atoms. The Morgan fingerprint density at radius 3 is 2.12 bits per heavy atom. The van der Waals surface area contributed by atoms with Crippen molar-refractivity contribution in [2.45, 2.75) is 46.6 Å². The predicted molar refractivity (Wildman–Crippen MR) is 72.0 cm³/mol. The molecule has 1 amide bonds. The molecule has 0 heterocycles. The molecular formula is C15H23NO. The van der Waals surface area contributed by atoms with Crippen LogP contribution in [0.25, 0.3) is 0 Å². The lowest BCUT2D eigenvalue weighted by atomic mass is 10.0. The number of likely N-dealkylation sites (N-methyl/N-ethyl adjacent to an activating group) is 1. The van der Waals surface area contributed by atoms with Gasteiger partial charge in [0.2, 0.25) is 5.91 Å². The zero-order chi connectivity index (χ0) is 13.1. The molecule has 0 aliphatic heterocycles. The zero-order valence-electron chi connectivity index (χ0n) is 11.6. The number of amides is 1. The van der Waals surface area contributed by atoms with Gasteiger partial charge in [0.25, 0.3) is 0 Å². The van der Waals surface area contributed by atoms with Crippen LogP contribution in [0.4, 0.5) is 0 Å². The van der Waals surface area contributed by atoms with E-state index in [4.69, 9.17) is 0 Å². The minimum atomic E-state index is -0.101. The molecule has 0 fully saturated rings. The number of carbonyl (C=O) groups excluding carboxylic acids is 1. The van der Waals surface area contributed by atoms with Crippen molar-refractivity contribution >= 4 is 5.91 Å². The molecular weight excluding hydrogens is 210 g/mol. The summed E-state index contributed by atoms with van der Waals surface area (Å²) in [6.07, 6.45) is 0.491. The largest absolute Gasteiger partial charge is 0.338 e. The Morgan fingerprint density at radius 2 is 1.71 bits per heavy atom. The first-order chi connectivity index (χ1) is 7.84. The van der Waals surface area contributed by atoms with Crippen molar-refractivity contribution in [2.24, 2.45) is 0 Å². The Kier molecular flexibility index (Phi) is 4.33. The van der Waals surface area contributed by atoms with Gasteiger partial charge in [0, 0.05) is 12.1 Å². The van der Waals surface area contributed by atoms with E-state index in [-0.39, 0.29) is 11.4 Å². The normalized spacial score (nSPS) is 11.4. The van der Waals surface area contributed by atoms with E-state index in [1.807, 2.05) is 24.0 Å². The van der Waals surface area contributed by atoms with E-state index in [0.717, 1.165) is 12.1 Å². The number of carbonyl (C=O) groups is 1. The quantitative estimate of drug-likeness (QED) is 0.785. The third-order valence-corrected chi connectivity index (χ3v) is 2.90. The maximum atomic E-state index is 12.2. The lowest BCUT2D eigenvalue weighted by Crippen LogP contribution is -2.46. The van der Waals surface area contributed by atoms with Gasteiger partial charge in [-0.3, -0.25) is 4.79 Å². The van der Waals surface area contributed by atoms with Crippen LogP contribution >= 0.6 is 0 Å². The highest BCUT2D eigenvalue weighted by molar-refractivity contribution is 5.79. The van der Waals surface area contributed by atoms with Crippen molar-refractivity contribution in [3.63, 3.8) is 0 Å². The van der Waals surface area contributed by atoms with Crippen molar-refractivity contribution in [1.82, 2.24) is 4.90 Å². The Balaban J connectivity index is 2.74. The van der Waals surface area contributed by atoms with Crippen LogP contribution in [0.2, 0.25) is 0 Å². The summed E-state index contributed by atoms with van der Waals surface area (Å²) in [6.45, 7) is 11.1. The summed E-state index contributed by atoms with van der Waals surface area (Å²) in [5.74, 6) is 0.198. The SMILES string of the molecule is CCN(C(=O)Cc1ccc(C)cc1)C(C)(C)C. The summed E-state index contributed by atoms with van der Waals surface area (Å²) < 4.78 is 0. The molecule has 0 saturated heterocycles. The van der Waals surface area contributed by atoms with Crippen molar-refractivity contribution in [3.8, 4) is 0 Å². The lowest BCUT2D eigenvalue weighted by Gasteiger charge is -2.35. The van der Waals surface area contributed by atoms with Gasteiger partial charge < -0.3 is 4.90 Å². The Bertz CT molecular complexity index is 373. The fourth-order valence-corrected chi connectivity index (χ4v) is 2.00. The molecule has 0 bridgehead atoms. The maximum Gasteiger partial charge on any atom is 0.227 e. The van der Waals surface area contributed by atoms with E-state index < -0.39 is 0 Å². The number of hydrogen-bond acceptors (Lipinski definition) is 1. The molecule has 0 aliphatic rings. The van der Waals surface area contributed by atoms with E-state index in [9.17, 15) is 4.79 Å². The summed E-state index contributed by atoms with van der Waals surface area (Å²) in [5.41, 5.74) is 2.21. The standard InChI is InChI=1S/C15H23NO/c1-6-16(15(3,4)5)14(17)11-13-9-7-12(2)8-10-13/h7-10H,6,11H2,1-5H3. The van der Waals surface area contributed by atoms with Gasteiger partial charge in [-0.1, -0.05) is 29.8 Å². The van der Waals surface area contributed by atoms with E-state index in [0.29, 0.717) is 6.42 Å². The van der Waals surface area contributed by atoms with Crippen LogP contribution in [-0.4, -0.2) is 22.9 Å². The Labute approximate surface area is 105 Å². The van der Waals surface area contributed by atoms with Gasteiger partial charge in [0.1, 0.15) is 0 Å².